The van der Waals surface area contributed by atoms with E-state index in [1.807, 2.05) is 32.0 Å². The molecule has 3 aromatic rings. The van der Waals surface area contributed by atoms with Crippen molar-refractivity contribution in [2.75, 3.05) is 30.2 Å². The molecule has 0 fully saturated rings. The molecule has 1 unspecified atom stereocenters. The highest BCUT2D eigenvalue weighted by Crippen LogP contribution is 2.49. The van der Waals surface area contributed by atoms with E-state index in [4.69, 9.17) is 15.2 Å². The number of hydrogen-bond acceptors (Lipinski definition) is 11. The van der Waals surface area contributed by atoms with E-state index in [0.717, 1.165) is 16.8 Å². The third-order valence-electron chi connectivity index (χ3n) is 7.37. The van der Waals surface area contributed by atoms with Gasteiger partial charge >= 0.3 is 0 Å². The number of nitriles is 1. The number of methoxy groups -OCH3 is 2. The maximum Gasteiger partial charge on any atom is 0.234 e. The summed E-state index contributed by atoms with van der Waals surface area (Å²) in [5, 5.41) is 22.3. The van der Waals surface area contributed by atoms with Crippen molar-refractivity contribution >= 4 is 45.6 Å². The van der Waals surface area contributed by atoms with E-state index < -0.39 is 5.92 Å². The van der Waals surface area contributed by atoms with Crippen molar-refractivity contribution < 1.29 is 19.1 Å². The summed E-state index contributed by atoms with van der Waals surface area (Å²) in [5.74, 6) is 0.479. The van der Waals surface area contributed by atoms with E-state index in [2.05, 4.69) is 21.6 Å². The van der Waals surface area contributed by atoms with Crippen LogP contribution in [0.25, 0.3) is 0 Å². The Morgan fingerprint density at radius 2 is 1.98 bits per heavy atom. The fourth-order valence-electron chi connectivity index (χ4n) is 5.18. The summed E-state index contributed by atoms with van der Waals surface area (Å²) in [7, 11) is 3.10. The number of ether oxygens (including phenoxy) is 2. The van der Waals surface area contributed by atoms with Crippen molar-refractivity contribution in [2.24, 2.45) is 5.73 Å². The highest BCUT2D eigenvalue weighted by atomic mass is 32.2. The molecular formula is C30H30N6O4S2. The molecule has 1 aliphatic carbocycles. The highest BCUT2D eigenvalue weighted by molar-refractivity contribution is 8.01. The molecule has 216 valence electrons. The zero-order chi connectivity index (χ0) is 30.0. The van der Waals surface area contributed by atoms with Crippen LogP contribution in [-0.2, 0) is 9.59 Å². The SMILES string of the molecule is COc1ccc(OC)c(C2C(C#N)=C(N)N(c3nnc(SCC(=O)Nc4ccc(C)c(C)c4)s3)C3=C2C(=O)CCC3)c1. The molecule has 2 aromatic carbocycles. The Labute approximate surface area is 252 Å². The first-order valence-corrected chi connectivity index (χ1v) is 15.1. The molecule has 42 heavy (non-hydrogen) atoms. The summed E-state index contributed by atoms with van der Waals surface area (Å²) in [6.07, 6.45) is 1.58. The first-order chi connectivity index (χ1) is 20.2. The zero-order valence-corrected chi connectivity index (χ0v) is 25.3. The molecular weight excluding hydrogens is 573 g/mol. The monoisotopic (exact) mass is 602 g/mol. The number of amides is 1. The lowest BCUT2D eigenvalue weighted by atomic mass is 9.75. The number of aromatic nitrogens is 2. The summed E-state index contributed by atoms with van der Waals surface area (Å²) in [4.78, 5) is 27.7. The Bertz CT molecular complexity index is 1670. The average Bonchev–Trinajstić information content (AvgIpc) is 3.45. The number of carbonyl (C=O) groups excluding carboxylic acids is 2. The molecule has 3 N–H and O–H groups in total. The van der Waals surface area contributed by atoms with Gasteiger partial charge in [-0.25, -0.2) is 0 Å². The van der Waals surface area contributed by atoms with Crippen LogP contribution in [0.15, 0.2) is 63.4 Å². The summed E-state index contributed by atoms with van der Waals surface area (Å²) >= 11 is 2.50. The van der Waals surface area contributed by atoms with Gasteiger partial charge in [-0.15, -0.1) is 10.2 Å². The van der Waals surface area contributed by atoms with Crippen molar-refractivity contribution in [1.29, 1.82) is 5.26 Å². The van der Waals surface area contributed by atoms with Crippen molar-refractivity contribution in [1.82, 2.24) is 10.2 Å². The molecule has 1 amide bonds. The molecule has 2 aliphatic rings. The highest BCUT2D eigenvalue weighted by Gasteiger charge is 2.42. The molecule has 0 radical (unpaired) electrons. The maximum absolute atomic E-state index is 13.5. The fraction of sp³-hybridized carbons (Fsp3) is 0.300. The van der Waals surface area contributed by atoms with Crippen LogP contribution in [0.3, 0.4) is 0 Å². The number of nitrogens with zero attached hydrogens (tertiary/aromatic N) is 4. The number of anilines is 2. The van der Waals surface area contributed by atoms with Crippen molar-refractivity contribution in [3.63, 3.8) is 0 Å². The van der Waals surface area contributed by atoms with Gasteiger partial charge in [-0.1, -0.05) is 29.2 Å². The number of rotatable bonds is 8. The van der Waals surface area contributed by atoms with E-state index in [-0.39, 0.29) is 28.8 Å². The second kappa shape index (κ2) is 12.3. The third kappa shape index (κ3) is 5.57. The van der Waals surface area contributed by atoms with Gasteiger partial charge in [0.1, 0.15) is 17.3 Å². The minimum atomic E-state index is -0.713. The zero-order valence-electron chi connectivity index (χ0n) is 23.7. The molecule has 1 aliphatic heterocycles. The number of nitrogens with one attached hydrogen (secondary N) is 1. The lowest BCUT2D eigenvalue weighted by Crippen LogP contribution is -2.38. The van der Waals surface area contributed by atoms with Crippen molar-refractivity contribution in [2.45, 2.75) is 43.4 Å². The van der Waals surface area contributed by atoms with Crippen LogP contribution in [0.5, 0.6) is 11.5 Å². The van der Waals surface area contributed by atoms with Gasteiger partial charge < -0.3 is 20.5 Å². The van der Waals surface area contributed by atoms with E-state index in [0.29, 0.717) is 57.1 Å². The molecule has 0 saturated heterocycles. The molecule has 0 saturated carbocycles. The predicted molar refractivity (Wildman–Crippen MR) is 163 cm³/mol. The number of benzene rings is 2. The van der Waals surface area contributed by atoms with Crippen molar-refractivity contribution in [3.05, 3.63) is 75.8 Å². The molecule has 10 nitrogen and oxygen atoms in total. The molecule has 0 bridgehead atoms. The number of carbonyl (C=O) groups is 2. The minimum absolute atomic E-state index is 0.0569. The van der Waals surface area contributed by atoms with E-state index in [9.17, 15) is 14.9 Å². The standard InChI is InChI=1S/C30H30N6O4S2/c1-16-8-9-18(12-17(16)2)33-25(38)15-41-30-35-34-29(42-30)36-22-6-5-7-23(37)27(22)26(21(14-31)28(36)32)20-13-19(39-3)10-11-24(20)40-4/h8-13,26H,5-7,15,32H2,1-4H3,(H,33,38). The van der Waals surface area contributed by atoms with E-state index in [1.165, 1.54) is 23.1 Å². The number of thioether (sulfide) groups is 1. The molecule has 1 atom stereocenters. The third-order valence-corrected chi connectivity index (χ3v) is 9.41. The van der Waals surface area contributed by atoms with Gasteiger partial charge in [0.05, 0.1) is 37.5 Å². The average molecular weight is 603 g/mol. The van der Waals surface area contributed by atoms with Gasteiger partial charge in [0.15, 0.2) is 10.1 Å². The lowest BCUT2D eigenvalue weighted by Gasteiger charge is -2.38. The van der Waals surface area contributed by atoms with E-state index >= 15 is 0 Å². The Kier molecular flexibility index (Phi) is 8.51. The summed E-state index contributed by atoms with van der Waals surface area (Å²) in [6, 6.07) is 13.3. The molecule has 0 spiro atoms. The summed E-state index contributed by atoms with van der Waals surface area (Å²) < 4.78 is 11.6. The number of nitrogens with two attached hydrogens (primary N) is 1. The number of aryl methyl sites for hydroxylation is 2. The van der Waals surface area contributed by atoms with Gasteiger partial charge in [-0.2, -0.15) is 5.26 Å². The first kappa shape index (κ1) is 29.2. The molecule has 1 aromatic heterocycles. The van der Waals surface area contributed by atoms with E-state index in [1.54, 1.807) is 37.3 Å². The number of hydrogen-bond donors (Lipinski definition) is 2. The largest absolute Gasteiger partial charge is 0.497 e. The van der Waals surface area contributed by atoms with Gasteiger partial charge in [0.2, 0.25) is 11.0 Å². The molecule has 2 heterocycles. The normalized spacial score (nSPS) is 16.7. The maximum atomic E-state index is 13.5. The van der Waals surface area contributed by atoms with Gasteiger partial charge in [-0.05, 0) is 68.1 Å². The lowest BCUT2D eigenvalue weighted by molar-refractivity contribution is -0.116. The smallest absolute Gasteiger partial charge is 0.234 e. The number of ketones is 1. The minimum Gasteiger partial charge on any atom is -0.497 e. The van der Waals surface area contributed by atoms with Crippen LogP contribution in [0.1, 0.15) is 41.9 Å². The number of allylic oxidation sites excluding steroid dienone is 3. The second-order valence-electron chi connectivity index (χ2n) is 9.91. The topological polar surface area (TPSA) is 143 Å². The quantitative estimate of drug-likeness (QED) is 0.330. The predicted octanol–water partition coefficient (Wildman–Crippen LogP) is 5.21. The van der Waals surface area contributed by atoms with Crippen LogP contribution >= 0.6 is 23.1 Å². The Balaban J connectivity index is 1.45. The number of Topliss-reactive ketones (excluding diaryl/α,β-unsaturated/α-hetero) is 1. The summed E-state index contributed by atoms with van der Waals surface area (Å²) in [6.45, 7) is 4.02. The Hall–Kier alpha value is -4.34. The molecule has 12 heteroatoms. The van der Waals surface area contributed by atoms with Gasteiger partial charge in [0, 0.05) is 28.9 Å². The van der Waals surface area contributed by atoms with Crippen LogP contribution in [0.2, 0.25) is 0 Å². The van der Waals surface area contributed by atoms with Crippen molar-refractivity contribution in [3.8, 4) is 17.6 Å². The Morgan fingerprint density at radius 3 is 2.69 bits per heavy atom. The van der Waals surface area contributed by atoms with Crippen LogP contribution in [0.4, 0.5) is 10.8 Å². The van der Waals surface area contributed by atoms with Crippen LogP contribution in [0, 0.1) is 25.2 Å². The Morgan fingerprint density at radius 1 is 1.17 bits per heavy atom. The second-order valence-corrected chi connectivity index (χ2v) is 12.1. The first-order valence-electron chi connectivity index (χ1n) is 13.3. The van der Waals surface area contributed by atoms with Crippen LogP contribution in [-0.4, -0.2) is 41.9 Å². The van der Waals surface area contributed by atoms with Gasteiger partial charge in [-0.3, -0.25) is 14.5 Å². The van der Waals surface area contributed by atoms with Gasteiger partial charge in [0.25, 0.3) is 0 Å². The summed E-state index contributed by atoms with van der Waals surface area (Å²) in [5.41, 5.74) is 11.7. The fourth-order valence-corrected chi connectivity index (χ4v) is 6.86. The van der Waals surface area contributed by atoms with Crippen LogP contribution < -0.4 is 25.4 Å². The molecule has 5 rings (SSSR count).